The molecular weight excluding hydrogens is 536 g/mol. The summed E-state index contributed by atoms with van der Waals surface area (Å²) < 4.78 is 11.1. The van der Waals surface area contributed by atoms with Gasteiger partial charge in [0.1, 0.15) is 11.8 Å². The van der Waals surface area contributed by atoms with Gasteiger partial charge in [0.05, 0.1) is 18.4 Å². The highest BCUT2D eigenvalue weighted by atomic mass is 16.7. The van der Waals surface area contributed by atoms with Crippen LogP contribution >= 0.6 is 0 Å². The lowest BCUT2D eigenvalue weighted by molar-refractivity contribution is -0.154. The van der Waals surface area contributed by atoms with Crippen LogP contribution in [-0.4, -0.2) is 73.8 Å². The molecule has 4 rings (SSSR count). The molecule has 3 N–H and O–H groups in total. The molecule has 0 spiro atoms. The van der Waals surface area contributed by atoms with Gasteiger partial charge in [-0.15, -0.1) is 0 Å². The molecule has 216 valence electrons. The van der Waals surface area contributed by atoms with Crippen LogP contribution in [0.1, 0.15) is 64.4 Å². The molecule has 14 nitrogen and oxygen atoms in total. The summed E-state index contributed by atoms with van der Waals surface area (Å²) in [6, 6.07) is 5.03. The van der Waals surface area contributed by atoms with E-state index >= 15 is 0 Å². The lowest BCUT2D eigenvalue weighted by atomic mass is 10.1. The maximum absolute atomic E-state index is 13.2. The number of hydrogen-bond acceptors (Lipinski definition) is 10. The number of imide groups is 1. The topological polar surface area (TPSA) is 182 Å². The van der Waals surface area contributed by atoms with E-state index in [-0.39, 0.29) is 30.5 Å². The minimum Gasteiger partial charge on any atom is -0.481 e. The second kappa shape index (κ2) is 12.4. The van der Waals surface area contributed by atoms with Crippen LogP contribution in [0, 0.1) is 13.8 Å². The predicted octanol–water partition coefficient (Wildman–Crippen LogP) is 2.95. The number of rotatable bonds is 11. The summed E-state index contributed by atoms with van der Waals surface area (Å²) in [7, 11) is 0. The van der Waals surface area contributed by atoms with E-state index in [1.54, 1.807) is 35.8 Å². The number of fused-ring (bicyclic) bond motifs is 1. The number of esters is 1. The molecule has 1 fully saturated rings. The third kappa shape index (κ3) is 6.96. The number of amides is 3. The van der Waals surface area contributed by atoms with Crippen molar-refractivity contribution in [2.45, 2.75) is 52.5 Å². The minimum atomic E-state index is -1.16. The van der Waals surface area contributed by atoms with E-state index in [2.05, 4.69) is 20.7 Å². The van der Waals surface area contributed by atoms with Crippen molar-refractivity contribution in [2.75, 3.05) is 18.7 Å². The number of carboxylic acid groups (broad SMARTS) is 1. The van der Waals surface area contributed by atoms with Gasteiger partial charge in [-0.05, 0) is 56.9 Å². The maximum atomic E-state index is 13.2. The monoisotopic (exact) mass is 566 g/mol. The van der Waals surface area contributed by atoms with Crippen molar-refractivity contribution >= 4 is 46.9 Å². The quantitative estimate of drug-likeness (QED) is 0.229. The first-order chi connectivity index (χ1) is 19.6. The van der Waals surface area contributed by atoms with E-state index in [1.807, 2.05) is 13.8 Å². The third-order valence-corrected chi connectivity index (χ3v) is 6.45. The second-order valence-electron chi connectivity index (χ2n) is 9.46. The van der Waals surface area contributed by atoms with Gasteiger partial charge in [-0.1, -0.05) is 6.07 Å². The van der Waals surface area contributed by atoms with Gasteiger partial charge in [0.15, 0.2) is 5.82 Å². The molecule has 2 aromatic heterocycles. The van der Waals surface area contributed by atoms with Crippen LogP contribution in [0.25, 0.3) is 5.52 Å². The number of carboxylic acids is 1. The summed E-state index contributed by atoms with van der Waals surface area (Å²) in [4.78, 5) is 65.7. The smallest absolute Gasteiger partial charge is 0.419 e. The predicted molar refractivity (Wildman–Crippen MR) is 144 cm³/mol. The van der Waals surface area contributed by atoms with E-state index in [0.717, 1.165) is 23.3 Å². The van der Waals surface area contributed by atoms with Gasteiger partial charge in [-0.2, -0.15) is 5.10 Å². The van der Waals surface area contributed by atoms with Crippen LogP contribution < -0.4 is 10.6 Å². The standard InChI is InChI=1S/C27H30N6O8/c1-4-32(27(39)41-14-40-22(36)10-9-21(34)35)26(38)17-6-5-15(2)20(11-17)31-24-23-16(3)19(12-33(23)29-13-28-24)25(37)30-18-7-8-18/h5-6,11-13,18H,4,7-10,14H2,1-3H3,(H,30,37)(H,34,35)(H,28,29,31). The first kappa shape index (κ1) is 29.0. The van der Waals surface area contributed by atoms with Crippen LogP contribution in [0.2, 0.25) is 0 Å². The Hall–Kier alpha value is -5.01. The molecule has 14 heteroatoms. The highest BCUT2D eigenvalue weighted by molar-refractivity contribution is 6.04. The molecule has 0 saturated heterocycles. The van der Waals surface area contributed by atoms with E-state index in [4.69, 9.17) is 14.6 Å². The van der Waals surface area contributed by atoms with Crippen LogP contribution in [-0.2, 0) is 19.1 Å². The van der Waals surface area contributed by atoms with Crippen LogP contribution in [0.4, 0.5) is 16.3 Å². The molecule has 41 heavy (non-hydrogen) atoms. The molecule has 0 aliphatic heterocycles. The van der Waals surface area contributed by atoms with Crippen molar-refractivity contribution in [3.05, 3.63) is 53.0 Å². The van der Waals surface area contributed by atoms with Crippen molar-refractivity contribution in [1.82, 2.24) is 24.8 Å². The summed E-state index contributed by atoms with van der Waals surface area (Å²) in [5.41, 5.74) is 3.29. The number of hydrogen-bond donors (Lipinski definition) is 3. The molecule has 0 radical (unpaired) electrons. The van der Waals surface area contributed by atoms with E-state index in [0.29, 0.717) is 28.1 Å². The molecule has 1 aliphatic carbocycles. The number of carbonyl (C=O) groups excluding carboxylic acids is 4. The zero-order valence-corrected chi connectivity index (χ0v) is 22.8. The maximum Gasteiger partial charge on any atom is 0.419 e. The summed E-state index contributed by atoms with van der Waals surface area (Å²) in [5, 5.41) is 19.0. The Kier molecular flexibility index (Phi) is 8.80. The van der Waals surface area contributed by atoms with E-state index in [9.17, 15) is 24.0 Å². The second-order valence-corrected chi connectivity index (χ2v) is 9.46. The van der Waals surface area contributed by atoms with Gasteiger partial charge in [-0.25, -0.2) is 19.2 Å². The SMILES string of the molecule is CCN(C(=O)OCOC(=O)CCC(=O)O)C(=O)c1ccc(C)c(Nc2ncnn3cc(C(=O)NC4CC4)c(C)c23)c1. The van der Waals surface area contributed by atoms with Crippen molar-refractivity contribution in [1.29, 1.82) is 0 Å². The van der Waals surface area contributed by atoms with Gasteiger partial charge in [0, 0.05) is 30.0 Å². The Morgan fingerprint density at radius 2 is 1.88 bits per heavy atom. The Labute approximate surface area is 234 Å². The lowest BCUT2D eigenvalue weighted by Crippen LogP contribution is -2.37. The fourth-order valence-corrected chi connectivity index (χ4v) is 4.01. The fourth-order valence-electron chi connectivity index (χ4n) is 4.01. The van der Waals surface area contributed by atoms with Crippen molar-refractivity contribution in [3.63, 3.8) is 0 Å². The molecule has 0 unspecified atom stereocenters. The number of benzene rings is 1. The number of nitrogens with one attached hydrogen (secondary N) is 2. The Morgan fingerprint density at radius 1 is 1.12 bits per heavy atom. The van der Waals surface area contributed by atoms with E-state index in [1.165, 1.54) is 6.33 Å². The van der Waals surface area contributed by atoms with Gasteiger partial charge < -0.3 is 25.2 Å². The van der Waals surface area contributed by atoms with Crippen LogP contribution in [0.15, 0.2) is 30.7 Å². The zero-order valence-electron chi connectivity index (χ0n) is 22.8. The average molecular weight is 567 g/mol. The fraction of sp³-hybridized carbons (Fsp3) is 0.370. The van der Waals surface area contributed by atoms with Crippen molar-refractivity contribution < 1.29 is 38.6 Å². The molecule has 3 aromatic rings. The number of aryl methyl sites for hydroxylation is 2. The summed E-state index contributed by atoms with van der Waals surface area (Å²) >= 11 is 0. The first-order valence-corrected chi connectivity index (χ1v) is 13.0. The molecule has 3 amide bonds. The third-order valence-electron chi connectivity index (χ3n) is 6.45. The summed E-state index contributed by atoms with van der Waals surface area (Å²) in [6.45, 7) is 4.44. The van der Waals surface area contributed by atoms with Gasteiger partial charge in [0.2, 0.25) is 6.79 Å². The molecule has 2 heterocycles. The lowest BCUT2D eigenvalue weighted by Gasteiger charge is -2.19. The highest BCUT2D eigenvalue weighted by Crippen LogP contribution is 2.28. The van der Waals surface area contributed by atoms with Gasteiger partial charge in [-0.3, -0.25) is 19.2 Å². The molecule has 1 aliphatic rings. The molecule has 1 aromatic carbocycles. The van der Waals surface area contributed by atoms with Crippen LogP contribution in [0.3, 0.4) is 0 Å². The number of ether oxygens (including phenoxy) is 2. The number of anilines is 2. The molecule has 0 bridgehead atoms. The van der Waals surface area contributed by atoms with Gasteiger partial charge in [0.25, 0.3) is 11.8 Å². The number of nitrogens with zero attached hydrogens (tertiary/aromatic N) is 4. The zero-order chi connectivity index (χ0) is 29.7. The highest BCUT2D eigenvalue weighted by Gasteiger charge is 2.27. The Morgan fingerprint density at radius 3 is 2.56 bits per heavy atom. The Bertz CT molecular complexity index is 1510. The normalized spacial score (nSPS) is 12.5. The molecule has 0 atom stereocenters. The van der Waals surface area contributed by atoms with Crippen LogP contribution in [0.5, 0.6) is 0 Å². The first-order valence-electron chi connectivity index (χ1n) is 13.0. The molecular formula is C27H30N6O8. The van der Waals surface area contributed by atoms with Crippen molar-refractivity contribution in [2.24, 2.45) is 0 Å². The summed E-state index contributed by atoms with van der Waals surface area (Å²) in [5.74, 6) is -2.42. The van der Waals surface area contributed by atoms with E-state index < -0.39 is 37.2 Å². The average Bonchev–Trinajstić information content (AvgIpc) is 3.68. The van der Waals surface area contributed by atoms with Crippen molar-refractivity contribution in [3.8, 4) is 0 Å². The largest absolute Gasteiger partial charge is 0.481 e. The minimum absolute atomic E-state index is 0.0250. The number of aromatic nitrogens is 3. The summed E-state index contributed by atoms with van der Waals surface area (Å²) in [6.07, 6.45) is 3.11. The van der Waals surface area contributed by atoms with Gasteiger partial charge >= 0.3 is 18.0 Å². The Balaban J connectivity index is 1.48. The molecule has 1 saturated carbocycles. The number of aliphatic carboxylic acids is 1. The number of carbonyl (C=O) groups is 5.